The standard InChI is InChI=1S/C25H24FN3O3/c1-3-32-22-9-8-16(12-23(22)31-2)19(20-15-28-21-7-5-4-6-18(20)21)14-29-25(30)17-10-11-27-24(26)13-17/h4-13,15,19,28H,3,14H2,1-2H3,(H,29,30). The minimum atomic E-state index is -0.693. The third kappa shape index (κ3) is 4.42. The SMILES string of the molecule is CCOc1ccc(C(CNC(=O)c2ccnc(F)c2)c2c[nH]c3ccccc23)cc1OC. The number of carbonyl (C=O) groups is 1. The Hall–Kier alpha value is -3.87. The molecule has 0 spiro atoms. The van der Waals surface area contributed by atoms with Crippen molar-refractivity contribution in [2.75, 3.05) is 20.3 Å². The van der Waals surface area contributed by atoms with Gasteiger partial charge in [-0.05, 0) is 42.3 Å². The van der Waals surface area contributed by atoms with Crippen LogP contribution in [0.2, 0.25) is 0 Å². The van der Waals surface area contributed by atoms with E-state index < -0.39 is 5.95 Å². The fourth-order valence-electron chi connectivity index (χ4n) is 3.81. The van der Waals surface area contributed by atoms with Crippen LogP contribution in [0.1, 0.15) is 34.3 Å². The molecule has 1 unspecified atom stereocenters. The molecular weight excluding hydrogens is 409 g/mol. The van der Waals surface area contributed by atoms with Gasteiger partial charge < -0.3 is 19.8 Å². The molecule has 2 aromatic heterocycles. The maximum atomic E-state index is 13.5. The summed E-state index contributed by atoms with van der Waals surface area (Å²) in [7, 11) is 1.60. The van der Waals surface area contributed by atoms with Crippen molar-refractivity contribution < 1.29 is 18.7 Å². The van der Waals surface area contributed by atoms with Crippen LogP contribution in [0.4, 0.5) is 4.39 Å². The number of H-pyrrole nitrogens is 1. The highest BCUT2D eigenvalue weighted by Crippen LogP contribution is 2.35. The molecule has 6 nitrogen and oxygen atoms in total. The second kappa shape index (κ2) is 9.51. The van der Waals surface area contributed by atoms with E-state index in [1.54, 1.807) is 7.11 Å². The molecule has 0 aliphatic rings. The lowest BCUT2D eigenvalue weighted by Crippen LogP contribution is -2.29. The molecule has 0 saturated carbocycles. The lowest BCUT2D eigenvalue weighted by molar-refractivity contribution is 0.0951. The van der Waals surface area contributed by atoms with E-state index in [9.17, 15) is 9.18 Å². The van der Waals surface area contributed by atoms with Crippen molar-refractivity contribution in [3.8, 4) is 11.5 Å². The van der Waals surface area contributed by atoms with Crippen molar-refractivity contribution in [3.05, 3.63) is 89.6 Å². The van der Waals surface area contributed by atoms with E-state index in [1.807, 2.05) is 55.6 Å². The number of nitrogens with zero attached hydrogens (tertiary/aromatic N) is 1. The van der Waals surface area contributed by atoms with Gasteiger partial charge in [0.15, 0.2) is 11.5 Å². The van der Waals surface area contributed by atoms with E-state index in [0.29, 0.717) is 24.7 Å². The first-order valence-electron chi connectivity index (χ1n) is 10.4. The number of pyridine rings is 1. The van der Waals surface area contributed by atoms with Crippen LogP contribution in [0, 0.1) is 5.95 Å². The van der Waals surface area contributed by atoms with E-state index in [4.69, 9.17) is 9.47 Å². The fourth-order valence-corrected chi connectivity index (χ4v) is 3.81. The van der Waals surface area contributed by atoms with Gasteiger partial charge in [-0.3, -0.25) is 4.79 Å². The first-order chi connectivity index (χ1) is 15.6. The lowest BCUT2D eigenvalue weighted by Gasteiger charge is -2.20. The average molecular weight is 433 g/mol. The molecule has 2 aromatic carbocycles. The predicted octanol–water partition coefficient (Wildman–Crippen LogP) is 4.67. The molecule has 1 atom stereocenters. The van der Waals surface area contributed by atoms with Gasteiger partial charge in [-0.1, -0.05) is 24.3 Å². The summed E-state index contributed by atoms with van der Waals surface area (Å²) >= 11 is 0. The summed E-state index contributed by atoms with van der Waals surface area (Å²) in [6, 6.07) is 16.4. The Labute approximate surface area is 185 Å². The van der Waals surface area contributed by atoms with Crippen LogP contribution in [-0.2, 0) is 0 Å². The number of hydrogen-bond donors (Lipinski definition) is 2. The number of fused-ring (bicyclic) bond motifs is 1. The van der Waals surface area contributed by atoms with Gasteiger partial charge >= 0.3 is 0 Å². The molecular formula is C25H24FN3O3. The Kier molecular flexibility index (Phi) is 6.35. The molecule has 0 radical (unpaired) electrons. The van der Waals surface area contributed by atoms with Crippen LogP contribution in [0.5, 0.6) is 11.5 Å². The number of rotatable bonds is 8. The van der Waals surface area contributed by atoms with E-state index in [2.05, 4.69) is 15.3 Å². The number of halogens is 1. The van der Waals surface area contributed by atoms with Crippen LogP contribution in [-0.4, -0.2) is 36.1 Å². The smallest absolute Gasteiger partial charge is 0.251 e. The van der Waals surface area contributed by atoms with Gasteiger partial charge in [-0.15, -0.1) is 0 Å². The lowest BCUT2D eigenvalue weighted by atomic mass is 9.90. The average Bonchev–Trinajstić information content (AvgIpc) is 3.24. The molecule has 2 N–H and O–H groups in total. The zero-order valence-corrected chi connectivity index (χ0v) is 17.9. The van der Waals surface area contributed by atoms with Crippen molar-refractivity contribution in [3.63, 3.8) is 0 Å². The second-order valence-electron chi connectivity index (χ2n) is 7.26. The normalized spacial score (nSPS) is 11.8. The highest BCUT2D eigenvalue weighted by molar-refractivity contribution is 5.94. The number of para-hydroxylation sites is 1. The number of methoxy groups -OCH3 is 1. The molecule has 0 aliphatic carbocycles. The fraction of sp³-hybridized carbons (Fsp3) is 0.200. The zero-order valence-electron chi connectivity index (χ0n) is 17.9. The monoisotopic (exact) mass is 433 g/mol. The number of carbonyl (C=O) groups excluding carboxylic acids is 1. The Balaban J connectivity index is 1.70. The van der Waals surface area contributed by atoms with E-state index in [1.165, 1.54) is 12.3 Å². The zero-order chi connectivity index (χ0) is 22.5. The molecule has 7 heteroatoms. The van der Waals surface area contributed by atoms with Crippen LogP contribution in [0.25, 0.3) is 10.9 Å². The Bertz CT molecular complexity index is 1240. The molecule has 164 valence electrons. The summed E-state index contributed by atoms with van der Waals surface area (Å²) in [4.78, 5) is 19.5. The number of hydrogen-bond acceptors (Lipinski definition) is 4. The van der Waals surface area contributed by atoms with Gasteiger partial charge in [-0.2, -0.15) is 4.39 Å². The third-order valence-corrected chi connectivity index (χ3v) is 5.34. The summed E-state index contributed by atoms with van der Waals surface area (Å²) in [5.74, 6) is 0.0481. The van der Waals surface area contributed by atoms with Crippen molar-refractivity contribution in [1.82, 2.24) is 15.3 Å². The number of amides is 1. The van der Waals surface area contributed by atoms with Gasteiger partial charge in [0, 0.05) is 47.4 Å². The van der Waals surface area contributed by atoms with Crippen molar-refractivity contribution >= 4 is 16.8 Å². The summed E-state index contributed by atoms with van der Waals surface area (Å²) in [6.45, 7) is 2.75. The minimum absolute atomic E-state index is 0.175. The molecule has 4 aromatic rings. The molecule has 1 amide bonds. The van der Waals surface area contributed by atoms with Gasteiger partial charge in [0.25, 0.3) is 5.91 Å². The molecule has 0 saturated heterocycles. The second-order valence-corrected chi connectivity index (χ2v) is 7.26. The van der Waals surface area contributed by atoms with Gasteiger partial charge in [0.2, 0.25) is 5.95 Å². The number of aromatic nitrogens is 2. The van der Waals surface area contributed by atoms with Crippen molar-refractivity contribution in [1.29, 1.82) is 0 Å². The topological polar surface area (TPSA) is 76.2 Å². The van der Waals surface area contributed by atoms with Gasteiger partial charge in [-0.25, -0.2) is 4.98 Å². The molecule has 4 rings (SSSR count). The van der Waals surface area contributed by atoms with Crippen molar-refractivity contribution in [2.24, 2.45) is 0 Å². The Morgan fingerprint density at radius 2 is 2.00 bits per heavy atom. The number of ether oxygens (including phenoxy) is 2. The van der Waals surface area contributed by atoms with E-state index in [0.717, 1.165) is 28.1 Å². The predicted molar refractivity (Wildman–Crippen MR) is 121 cm³/mol. The molecule has 0 bridgehead atoms. The third-order valence-electron chi connectivity index (χ3n) is 5.34. The van der Waals surface area contributed by atoms with Crippen molar-refractivity contribution in [2.45, 2.75) is 12.8 Å². The number of aromatic amines is 1. The highest BCUT2D eigenvalue weighted by atomic mass is 19.1. The Morgan fingerprint density at radius 3 is 2.78 bits per heavy atom. The summed E-state index contributed by atoms with van der Waals surface area (Å²) in [6.07, 6.45) is 3.23. The van der Waals surface area contributed by atoms with Crippen LogP contribution in [0.15, 0.2) is 67.0 Å². The first kappa shape index (κ1) is 21.4. The van der Waals surface area contributed by atoms with E-state index >= 15 is 0 Å². The Morgan fingerprint density at radius 1 is 1.16 bits per heavy atom. The minimum Gasteiger partial charge on any atom is -0.493 e. The maximum Gasteiger partial charge on any atom is 0.251 e. The summed E-state index contributed by atoms with van der Waals surface area (Å²) < 4.78 is 24.6. The van der Waals surface area contributed by atoms with Crippen LogP contribution < -0.4 is 14.8 Å². The van der Waals surface area contributed by atoms with Crippen LogP contribution >= 0.6 is 0 Å². The number of nitrogens with one attached hydrogen (secondary N) is 2. The number of benzene rings is 2. The largest absolute Gasteiger partial charge is 0.493 e. The molecule has 32 heavy (non-hydrogen) atoms. The first-order valence-corrected chi connectivity index (χ1v) is 10.4. The van der Waals surface area contributed by atoms with Gasteiger partial charge in [0.05, 0.1) is 13.7 Å². The molecule has 0 fully saturated rings. The van der Waals surface area contributed by atoms with E-state index in [-0.39, 0.29) is 17.4 Å². The highest BCUT2D eigenvalue weighted by Gasteiger charge is 2.21. The molecule has 2 heterocycles. The molecule has 0 aliphatic heterocycles. The van der Waals surface area contributed by atoms with Gasteiger partial charge in [0.1, 0.15) is 0 Å². The van der Waals surface area contributed by atoms with Crippen LogP contribution in [0.3, 0.4) is 0 Å². The summed E-state index contributed by atoms with van der Waals surface area (Å²) in [5, 5.41) is 4.00. The maximum absolute atomic E-state index is 13.5. The summed E-state index contributed by atoms with van der Waals surface area (Å²) in [5.41, 5.74) is 3.22. The quantitative estimate of drug-likeness (QED) is 0.396.